The molecule has 6 nitrogen and oxygen atoms in total. The Morgan fingerprint density at radius 1 is 1.15 bits per heavy atom. The number of aromatic nitrogens is 4. The van der Waals surface area contributed by atoms with Crippen molar-refractivity contribution in [2.24, 2.45) is 0 Å². The summed E-state index contributed by atoms with van der Waals surface area (Å²) in [5.41, 5.74) is 1.76. The average Bonchev–Trinajstić information content (AvgIpc) is 3.38. The number of carbonyl (C=O) groups excluding carboxylic acids is 1. The number of hydrogen-bond donors (Lipinski definition) is 0. The van der Waals surface area contributed by atoms with Gasteiger partial charge in [-0.1, -0.05) is 0 Å². The second-order valence-corrected chi connectivity index (χ2v) is 7.12. The highest BCUT2D eigenvalue weighted by atomic mass is 16.2. The monoisotopic (exact) mass is 363 g/mol. The summed E-state index contributed by atoms with van der Waals surface area (Å²) in [6.07, 6.45) is 13.6. The maximum atomic E-state index is 13.1. The molecule has 0 spiro atoms. The molecule has 1 fully saturated rings. The van der Waals surface area contributed by atoms with Gasteiger partial charge in [0.15, 0.2) is 0 Å². The quantitative estimate of drug-likeness (QED) is 0.697. The van der Waals surface area contributed by atoms with Crippen molar-refractivity contribution in [2.45, 2.75) is 45.2 Å². The fraction of sp³-hybridized carbons (Fsp3) is 0.381. The van der Waals surface area contributed by atoms with Crippen molar-refractivity contribution in [1.29, 1.82) is 0 Å². The predicted molar refractivity (Wildman–Crippen MR) is 104 cm³/mol. The van der Waals surface area contributed by atoms with Crippen molar-refractivity contribution in [1.82, 2.24) is 24.0 Å². The van der Waals surface area contributed by atoms with Gasteiger partial charge in [-0.15, -0.1) is 0 Å². The Morgan fingerprint density at radius 3 is 2.70 bits per heavy atom. The third-order valence-electron chi connectivity index (χ3n) is 5.43. The zero-order valence-corrected chi connectivity index (χ0v) is 15.7. The van der Waals surface area contributed by atoms with Crippen LogP contribution in [0.4, 0.5) is 0 Å². The molecule has 1 aliphatic heterocycles. The lowest BCUT2D eigenvalue weighted by Gasteiger charge is -2.36. The molecule has 2 aromatic heterocycles. The molecule has 1 aromatic carbocycles. The molecule has 1 amide bonds. The molecule has 1 saturated heterocycles. The summed E-state index contributed by atoms with van der Waals surface area (Å²) in [4.78, 5) is 23.6. The van der Waals surface area contributed by atoms with Crippen LogP contribution in [-0.4, -0.2) is 42.5 Å². The van der Waals surface area contributed by atoms with Crippen molar-refractivity contribution in [3.05, 3.63) is 66.8 Å². The molecular weight excluding hydrogens is 338 g/mol. The molecule has 0 bridgehead atoms. The van der Waals surface area contributed by atoms with Crippen LogP contribution >= 0.6 is 0 Å². The van der Waals surface area contributed by atoms with Crippen LogP contribution in [0.1, 0.15) is 41.9 Å². The summed E-state index contributed by atoms with van der Waals surface area (Å²) >= 11 is 0. The van der Waals surface area contributed by atoms with Crippen LogP contribution in [0.25, 0.3) is 5.69 Å². The molecule has 6 heteroatoms. The van der Waals surface area contributed by atoms with E-state index in [1.165, 1.54) is 6.42 Å². The zero-order chi connectivity index (χ0) is 18.6. The summed E-state index contributed by atoms with van der Waals surface area (Å²) in [6, 6.07) is 8.08. The van der Waals surface area contributed by atoms with E-state index in [9.17, 15) is 4.79 Å². The first kappa shape index (κ1) is 17.5. The van der Waals surface area contributed by atoms with Crippen molar-refractivity contribution < 1.29 is 4.79 Å². The van der Waals surface area contributed by atoms with Crippen LogP contribution in [-0.2, 0) is 6.54 Å². The summed E-state index contributed by atoms with van der Waals surface area (Å²) in [6.45, 7) is 3.77. The normalized spacial score (nSPS) is 17.2. The van der Waals surface area contributed by atoms with Crippen molar-refractivity contribution in [3.8, 4) is 5.69 Å². The summed E-state index contributed by atoms with van der Waals surface area (Å²) < 4.78 is 4.10. The number of carbonyl (C=O) groups is 1. The average molecular weight is 363 g/mol. The first-order valence-corrected chi connectivity index (χ1v) is 9.59. The van der Waals surface area contributed by atoms with Crippen molar-refractivity contribution in [2.75, 3.05) is 6.54 Å². The molecule has 3 heterocycles. The predicted octanol–water partition coefficient (Wildman–Crippen LogP) is 3.46. The molecule has 4 rings (SSSR count). The van der Waals surface area contributed by atoms with Gasteiger partial charge < -0.3 is 14.0 Å². The lowest BCUT2D eigenvalue weighted by Crippen LogP contribution is -2.44. The third kappa shape index (κ3) is 3.79. The second-order valence-electron chi connectivity index (χ2n) is 7.12. The SMILES string of the molecule is Cc1nccn1CC[C@H]1CCCCN1C(=O)c1ccc(-n2ccnc2)cc1. The molecule has 0 N–H and O–H groups in total. The van der Waals surface area contributed by atoms with E-state index in [2.05, 4.69) is 19.4 Å². The Kier molecular flexibility index (Phi) is 5.05. The van der Waals surface area contributed by atoms with Gasteiger partial charge in [0, 0.05) is 55.2 Å². The Morgan fingerprint density at radius 2 is 2.00 bits per heavy atom. The number of rotatable bonds is 5. The van der Waals surface area contributed by atoms with E-state index in [-0.39, 0.29) is 5.91 Å². The van der Waals surface area contributed by atoms with Gasteiger partial charge in [-0.05, 0) is 56.9 Å². The fourth-order valence-electron chi connectivity index (χ4n) is 3.85. The highest BCUT2D eigenvalue weighted by molar-refractivity contribution is 5.94. The molecule has 3 aromatic rings. The Balaban J connectivity index is 1.46. The van der Waals surface area contributed by atoms with E-state index in [1.807, 2.05) is 54.3 Å². The van der Waals surface area contributed by atoms with Crippen LogP contribution < -0.4 is 0 Å². The van der Waals surface area contributed by atoms with Gasteiger partial charge in [0.25, 0.3) is 5.91 Å². The maximum absolute atomic E-state index is 13.1. The van der Waals surface area contributed by atoms with Crippen molar-refractivity contribution >= 4 is 5.91 Å². The number of piperidine rings is 1. The number of aryl methyl sites for hydroxylation is 2. The molecule has 0 unspecified atom stereocenters. The number of hydrogen-bond acceptors (Lipinski definition) is 3. The number of nitrogens with zero attached hydrogens (tertiary/aromatic N) is 5. The standard InChI is InChI=1S/C21H25N5O/c1-17-23-11-15-24(17)13-9-20-4-2-3-12-26(20)21(27)18-5-7-19(8-6-18)25-14-10-22-16-25/h5-8,10-11,14-16,20H,2-4,9,12-13H2,1H3/t20-/m1/s1. The Bertz CT molecular complexity index is 882. The lowest BCUT2D eigenvalue weighted by molar-refractivity contribution is 0.0595. The Labute approximate surface area is 159 Å². The van der Waals surface area contributed by atoms with Crippen LogP contribution in [0, 0.1) is 6.92 Å². The number of imidazole rings is 2. The van der Waals surface area contributed by atoms with Crippen LogP contribution in [0.2, 0.25) is 0 Å². The van der Waals surface area contributed by atoms with Gasteiger partial charge in [-0.2, -0.15) is 0 Å². The van der Waals surface area contributed by atoms with Gasteiger partial charge in [0.05, 0.1) is 6.33 Å². The van der Waals surface area contributed by atoms with Crippen molar-refractivity contribution in [3.63, 3.8) is 0 Å². The topological polar surface area (TPSA) is 56.0 Å². The van der Waals surface area contributed by atoms with E-state index in [1.54, 1.807) is 12.5 Å². The molecule has 0 saturated carbocycles. The van der Waals surface area contributed by atoms with Gasteiger partial charge in [0.2, 0.25) is 0 Å². The highest BCUT2D eigenvalue weighted by Crippen LogP contribution is 2.23. The van der Waals surface area contributed by atoms with Crippen LogP contribution in [0.5, 0.6) is 0 Å². The zero-order valence-electron chi connectivity index (χ0n) is 15.7. The summed E-state index contributed by atoms with van der Waals surface area (Å²) in [5.74, 6) is 1.16. The first-order chi connectivity index (χ1) is 13.2. The number of likely N-dealkylation sites (tertiary alicyclic amines) is 1. The first-order valence-electron chi connectivity index (χ1n) is 9.59. The van der Waals surface area contributed by atoms with Crippen LogP contribution in [0.15, 0.2) is 55.4 Å². The molecular formula is C21H25N5O. The minimum atomic E-state index is 0.138. The highest BCUT2D eigenvalue weighted by Gasteiger charge is 2.27. The minimum absolute atomic E-state index is 0.138. The van der Waals surface area contributed by atoms with E-state index in [0.717, 1.165) is 49.4 Å². The Hall–Kier alpha value is -2.89. The molecule has 0 radical (unpaired) electrons. The summed E-state index contributed by atoms with van der Waals surface area (Å²) in [7, 11) is 0. The van der Waals surface area contributed by atoms with E-state index >= 15 is 0 Å². The molecule has 27 heavy (non-hydrogen) atoms. The molecule has 1 atom stereocenters. The van der Waals surface area contributed by atoms with Gasteiger partial charge >= 0.3 is 0 Å². The third-order valence-corrected chi connectivity index (χ3v) is 5.43. The fourth-order valence-corrected chi connectivity index (χ4v) is 3.85. The van der Waals surface area contributed by atoms with Gasteiger partial charge in [-0.3, -0.25) is 4.79 Å². The molecule has 0 aliphatic carbocycles. The second kappa shape index (κ2) is 7.78. The van der Waals surface area contributed by atoms with Crippen LogP contribution in [0.3, 0.4) is 0 Å². The smallest absolute Gasteiger partial charge is 0.254 e. The maximum Gasteiger partial charge on any atom is 0.254 e. The number of benzene rings is 1. The van der Waals surface area contributed by atoms with E-state index in [4.69, 9.17) is 0 Å². The minimum Gasteiger partial charge on any atom is -0.336 e. The van der Waals surface area contributed by atoms with Gasteiger partial charge in [-0.25, -0.2) is 9.97 Å². The van der Waals surface area contributed by atoms with E-state index in [0.29, 0.717) is 6.04 Å². The molecule has 1 aliphatic rings. The van der Waals surface area contributed by atoms with E-state index < -0.39 is 0 Å². The van der Waals surface area contributed by atoms with Gasteiger partial charge in [0.1, 0.15) is 5.82 Å². The molecule has 140 valence electrons. The lowest BCUT2D eigenvalue weighted by atomic mass is 9.98. The summed E-state index contributed by atoms with van der Waals surface area (Å²) in [5, 5.41) is 0. The number of amides is 1. The largest absolute Gasteiger partial charge is 0.336 e.